The molecule has 0 amide bonds. The van der Waals surface area contributed by atoms with Gasteiger partial charge in [0.15, 0.2) is 0 Å². The zero-order chi connectivity index (χ0) is 7.84. The number of fused-ring (bicyclic) bond motifs is 2. The van der Waals surface area contributed by atoms with Crippen LogP contribution in [-0.4, -0.2) is 22.8 Å². The van der Waals surface area contributed by atoms with Gasteiger partial charge in [0.2, 0.25) is 0 Å². The fourth-order valence-corrected chi connectivity index (χ4v) is 11.6. The van der Waals surface area contributed by atoms with Gasteiger partial charge in [0, 0.05) is 0 Å². The Morgan fingerprint density at radius 1 is 0.818 bits per heavy atom. The summed E-state index contributed by atoms with van der Waals surface area (Å²) in [5.74, 6) is 0. The molecule has 2 bridgehead atoms. The van der Waals surface area contributed by atoms with Crippen LogP contribution in [0.3, 0.4) is 0 Å². The van der Waals surface area contributed by atoms with Crippen LogP contribution >= 0.6 is 45.2 Å². The Bertz CT molecular complexity index is 118. The standard InChI is InChI=1S/C8H12I2Se/c9-5-1-7-3-6(10)4-8(2-5)11-7/h5-8H,1-4H2. The molecule has 0 saturated carbocycles. The second kappa shape index (κ2) is 4.01. The van der Waals surface area contributed by atoms with Gasteiger partial charge in [-0.2, -0.15) is 0 Å². The quantitative estimate of drug-likeness (QED) is 0.307. The summed E-state index contributed by atoms with van der Waals surface area (Å²) in [7, 11) is 0. The second-order valence-electron chi connectivity index (χ2n) is 3.52. The van der Waals surface area contributed by atoms with Crippen molar-refractivity contribution in [1.82, 2.24) is 0 Å². The number of hydrogen-bond donors (Lipinski definition) is 0. The summed E-state index contributed by atoms with van der Waals surface area (Å²) in [5, 5.41) is 0. The van der Waals surface area contributed by atoms with Gasteiger partial charge < -0.3 is 0 Å². The van der Waals surface area contributed by atoms with E-state index in [1.54, 1.807) is 0 Å². The Hall–Kier alpha value is 1.98. The van der Waals surface area contributed by atoms with Crippen LogP contribution in [0.15, 0.2) is 0 Å². The van der Waals surface area contributed by atoms with Gasteiger partial charge >= 0.3 is 103 Å². The predicted octanol–water partition coefficient (Wildman–Crippen LogP) is 3.46. The van der Waals surface area contributed by atoms with Gasteiger partial charge in [0.1, 0.15) is 0 Å². The van der Waals surface area contributed by atoms with Crippen LogP contribution in [0, 0.1) is 0 Å². The predicted molar refractivity (Wildman–Crippen MR) is 67.3 cm³/mol. The number of alkyl halides is 2. The van der Waals surface area contributed by atoms with E-state index in [9.17, 15) is 0 Å². The topological polar surface area (TPSA) is 0 Å². The molecule has 2 aliphatic rings. The average molecular weight is 441 g/mol. The van der Waals surface area contributed by atoms with Gasteiger partial charge in [-0.05, 0) is 0 Å². The van der Waals surface area contributed by atoms with E-state index < -0.39 is 0 Å². The summed E-state index contributed by atoms with van der Waals surface area (Å²) in [6, 6.07) is 0. The molecule has 64 valence electrons. The van der Waals surface area contributed by atoms with Crippen LogP contribution < -0.4 is 0 Å². The molecule has 2 saturated heterocycles. The monoisotopic (exact) mass is 442 g/mol. The zero-order valence-electron chi connectivity index (χ0n) is 6.30. The van der Waals surface area contributed by atoms with Crippen molar-refractivity contribution in [2.45, 2.75) is 43.2 Å². The van der Waals surface area contributed by atoms with E-state index in [-0.39, 0.29) is 0 Å². The summed E-state index contributed by atoms with van der Waals surface area (Å²) in [4.78, 5) is 2.30. The molecule has 0 nitrogen and oxygen atoms in total. The van der Waals surface area contributed by atoms with Gasteiger partial charge in [0.05, 0.1) is 0 Å². The molecule has 2 rings (SSSR count). The first-order valence-corrected chi connectivity index (χ1v) is 8.64. The van der Waals surface area contributed by atoms with Crippen molar-refractivity contribution in [3.63, 3.8) is 0 Å². The molecule has 0 N–H and O–H groups in total. The first kappa shape index (κ1) is 9.53. The van der Waals surface area contributed by atoms with Crippen molar-refractivity contribution in [2.75, 3.05) is 0 Å². The third-order valence-corrected chi connectivity index (χ3v) is 7.72. The molecule has 0 aromatic rings. The normalized spacial score (nSPS) is 50.7. The molecule has 2 fully saturated rings. The summed E-state index contributed by atoms with van der Waals surface area (Å²) in [6.45, 7) is 0. The zero-order valence-corrected chi connectivity index (χ0v) is 12.3. The molecular formula is C8H12I2Se. The third kappa shape index (κ3) is 2.47. The second-order valence-corrected chi connectivity index (χ2v) is 10.4. The van der Waals surface area contributed by atoms with Crippen LogP contribution in [0.1, 0.15) is 25.7 Å². The van der Waals surface area contributed by atoms with Crippen LogP contribution in [0.5, 0.6) is 0 Å². The van der Waals surface area contributed by atoms with Gasteiger partial charge in [-0.15, -0.1) is 0 Å². The molecule has 0 radical (unpaired) electrons. The molecule has 0 aromatic heterocycles. The molecule has 11 heavy (non-hydrogen) atoms. The first-order valence-electron chi connectivity index (χ1n) is 4.17. The molecule has 3 heteroatoms. The van der Waals surface area contributed by atoms with Gasteiger partial charge in [0.25, 0.3) is 0 Å². The summed E-state index contributed by atoms with van der Waals surface area (Å²) >= 11 is 6.34. The van der Waals surface area contributed by atoms with Crippen molar-refractivity contribution < 1.29 is 0 Å². The van der Waals surface area contributed by atoms with E-state index >= 15 is 0 Å². The van der Waals surface area contributed by atoms with E-state index in [0.717, 1.165) is 32.4 Å². The molecule has 0 atom stereocenters. The van der Waals surface area contributed by atoms with Gasteiger partial charge in [-0.1, -0.05) is 0 Å². The Labute approximate surface area is 102 Å². The fourth-order valence-electron chi connectivity index (χ4n) is 2.02. The molecule has 2 heterocycles. The minimum absolute atomic E-state index is 1.02. The molecule has 0 unspecified atom stereocenters. The van der Waals surface area contributed by atoms with Crippen LogP contribution in [0.2, 0.25) is 9.63 Å². The minimum atomic E-state index is 1.02. The Morgan fingerprint density at radius 2 is 1.18 bits per heavy atom. The van der Waals surface area contributed by atoms with Crippen LogP contribution in [-0.2, 0) is 0 Å². The van der Waals surface area contributed by atoms with E-state index in [1.807, 2.05) is 0 Å². The van der Waals surface area contributed by atoms with Crippen molar-refractivity contribution in [2.24, 2.45) is 0 Å². The van der Waals surface area contributed by atoms with Gasteiger partial charge in [-0.25, -0.2) is 0 Å². The third-order valence-electron chi connectivity index (χ3n) is 2.46. The Balaban J connectivity index is 2.00. The Morgan fingerprint density at radius 3 is 1.55 bits per heavy atom. The average Bonchev–Trinajstić information content (AvgIpc) is 1.82. The van der Waals surface area contributed by atoms with E-state index in [2.05, 4.69) is 45.2 Å². The van der Waals surface area contributed by atoms with E-state index in [4.69, 9.17) is 0 Å². The maximum absolute atomic E-state index is 2.66. The Kier molecular flexibility index (Phi) is 3.47. The van der Waals surface area contributed by atoms with Crippen molar-refractivity contribution in [3.05, 3.63) is 0 Å². The maximum atomic E-state index is 2.66. The van der Waals surface area contributed by atoms with Crippen molar-refractivity contribution >= 4 is 60.1 Å². The molecule has 2 aliphatic heterocycles. The van der Waals surface area contributed by atoms with Crippen LogP contribution in [0.25, 0.3) is 0 Å². The summed E-state index contributed by atoms with van der Waals surface area (Å²) in [6.07, 6.45) is 6.15. The fraction of sp³-hybridized carbons (Fsp3) is 1.00. The van der Waals surface area contributed by atoms with Crippen molar-refractivity contribution in [3.8, 4) is 0 Å². The van der Waals surface area contributed by atoms with E-state index in [1.165, 1.54) is 25.7 Å². The molecule has 0 aromatic carbocycles. The summed E-state index contributed by atoms with van der Waals surface area (Å²) in [5.41, 5.74) is 0. The summed E-state index contributed by atoms with van der Waals surface area (Å²) < 4.78 is 2.03. The number of hydrogen-bond acceptors (Lipinski definition) is 0. The molecular weight excluding hydrogens is 429 g/mol. The number of halogens is 2. The molecule has 0 spiro atoms. The first-order chi connectivity index (χ1) is 5.24. The van der Waals surface area contributed by atoms with Crippen LogP contribution in [0.4, 0.5) is 0 Å². The van der Waals surface area contributed by atoms with Gasteiger partial charge in [-0.3, -0.25) is 0 Å². The molecule has 0 aliphatic carbocycles. The number of rotatable bonds is 0. The van der Waals surface area contributed by atoms with Crippen molar-refractivity contribution in [1.29, 1.82) is 0 Å². The SMILES string of the molecule is IC1CC2CC(I)CC(C1)[Se]2. The van der Waals surface area contributed by atoms with E-state index in [0.29, 0.717) is 0 Å².